The van der Waals surface area contributed by atoms with E-state index in [9.17, 15) is 0 Å². The van der Waals surface area contributed by atoms with Crippen molar-refractivity contribution in [2.45, 2.75) is 18.9 Å². The number of nitrogens with one attached hydrogen (secondary N) is 1. The van der Waals surface area contributed by atoms with Crippen molar-refractivity contribution >= 4 is 0 Å². The summed E-state index contributed by atoms with van der Waals surface area (Å²) >= 11 is 0. The lowest BCUT2D eigenvalue weighted by atomic mass is 9.94. The first kappa shape index (κ1) is 9.70. The molecule has 0 aromatic rings. The van der Waals surface area contributed by atoms with Gasteiger partial charge in [0.05, 0.1) is 6.07 Å². The van der Waals surface area contributed by atoms with Gasteiger partial charge in [-0.15, -0.1) is 0 Å². The van der Waals surface area contributed by atoms with Crippen molar-refractivity contribution in [2.24, 2.45) is 5.92 Å². The van der Waals surface area contributed by atoms with Crippen molar-refractivity contribution in [1.29, 1.82) is 5.26 Å². The molecular formula is C11H17N3. The summed E-state index contributed by atoms with van der Waals surface area (Å²) in [5, 5.41) is 12.2. The van der Waals surface area contributed by atoms with E-state index >= 15 is 0 Å². The fraction of sp³-hybridized carbons (Fsp3) is 0.727. The van der Waals surface area contributed by atoms with Gasteiger partial charge in [0.15, 0.2) is 0 Å². The molecule has 1 N–H and O–H groups in total. The van der Waals surface area contributed by atoms with E-state index in [0.717, 1.165) is 38.0 Å². The SMILES string of the molecule is CN1CCNCC1C1CC=C(C#N)C1. The van der Waals surface area contributed by atoms with E-state index in [1.807, 2.05) is 0 Å². The van der Waals surface area contributed by atoms with E-state index in [0.29, 0.717) is 12.0 Å². The smallest absolute Gasteiger partial charge is 0.0943 e. The molecule has 2 unspecified atom stereocenters. The molecule has 1 saturated heterocycles. The molecule has 0 amide bonds. The molecule has 14 heavy (non-hydrogen) atoms. The third kappa shape index (κ3) is 1.82. The monoisotopic (exact) mass is 191 g/mol. The van der Waals surface area contributed by atoms with Crippen LogP contribution in [0.4, 0.5) is 0 Å². The predicted molar refractivity (Wildman–Crippen MR) is 55.7 cm³/mol. The summed E-state index contributed by atoms with van der Waals surface area (Å²) in [7, 11) is 2.19. The van der Waals surface area contributed by atoms with Crippen LogP contribution < -0.4 is 5.32 Å². The lowest BCUT2D eigenvalue weighted by Gasteiger charge is -2.37. The summed E-state index contributed by atoms with van der Waals surface area (Å²) in [6.45, 7) is 3.30. The molecule has 76 valence electrons. The predicted octanol–water partition coefficient (Wildman–Crippen LogP) is 0.750. The number of nitriles is 1. The number of nitrogens with zero attached hydrogens (tertiary/aromatic N) is 2. The largest absolute Gasteiger partial charge is 0.314 e. The summed E-state index contributed by atoms with van der Waals surface area (Å²) in [4.78, 5) is 2.43. The van der Waals surface area contributed by atoms with Crippen LogP contribution in [0.15, 0.2) is 11.6 Å². The quantitative estimate of drug-likeness (QED) is 0.665. The number of allylic oxidation sites excluding steroid dienone is 2. The van der Waals surface area contributed by atoms with Gasteiger partial charge in [-0.2, -0.15) is 5.26 Å². The maximum Gasteiger partial charge on any atom is 0.0943 e. The molecule has 0 bridgehead atoms. The zero-order chi connectivity index (χ0) is 9.97. The van der Waals surface area contributed by atoms with Crippen LogP contribution in [0.25, 0.3) is 0 Å². The molecule has 1 aliphatic carbocycles. The van der Waals surface area contributed by atoms with Crippen LogP contribution in [0.2, 0.25) is 0 Å². The third-order valence-electron chi connectivity index (χ3n) is 3.40. The molecule has 1 aliphatic heterocycles. The fourth-order valence-electron chi connectivity index (χ4n) is 2.48. The van der Waals surface area contributed by atoms with Gasteiger partial charge in [-0.25, -0.2) is 0 Å². The van der Waals surface area contributed by atoms with E-state index in [4.69, 9.17) is 5.26 Å². The van der Waals surface area contributed by atoms with Crippen molar-refractivity contribution in [3.05, 3.63) is 11.6 Å². The highest BCUT2D eigenvalue weighted by atomic mass is 15.2. The molecule has 0 spiro atoms. The van der Waals surface area contributed by atoms with Crippen molar-refractivity contribution in [1.82, 2.24) is 10.2 Å². The van der Waals surface area contributed by atoms with E-state index in [1.54, 1.807) is 0 Å². The molecule has 3 heteroatoms. The molecule has 2 aliphatic rings. The molecule has 0 aromatic heterocycles. The summed E-state index contributed by atoms with van der Waals surface area (Å²) < 4.78 is 0. The van der Waals surface area contributed by atoms with Crippen molar-refractivity contribution < 1.29 is 0 Å². The van der Waals surface area contributed by atoms with Gasteiger partial charge in [-0.1, -0.05) is 6.08 Å². The van der Waals surface area contributed by atoms with Crippen LogP contribution in [0.1, 0.15) is 12.8 Å². The van der Waals surface area contributed by atoms with Crippen LogP contribution in [-0.4, -0.2) is 37.6 Å². The molecule has 1 fully saturated rings. The summed E-state index contributed by atoms with van der Waals surface area (Å²) in [6.07, 6.45) is 4.17. The Bertz CT molecular complexity index is 277. The van der Waals surface area contributed by atoms with E-state index in [-0.39, 0.29) is 0 Å². The van der Waals surface area contributed by atoms with Crippen molar-refractivity contribution in [3.63, 3.8) is 0 Å². The Morgan fingerprint density at radius 1 is 1.64 bits per heavy atom. The zero-order valence-electron chi connectivity index (χ0n) is 8.66. The lowest BCUT2D eigenvalue weighted by molar-refractivity contribution is 0.146. The fourth-order valence-corrected chi connectivity index (χ4v) is 2.48. The maximum absolute atomic E-state index is 8.80. The lowest BCUT2D eigenvalue weighted by Crippen LogP contribution is -2.52. The van der Waals surface area contributed by atoms with E-state index in [2.05, 4.69) is 29.4 Å². The Morgan fingerprint density at radius 2 is 2.50 bits per heavy atom. The minimum Gasteiger partial charge on any atom is -0.314 e. The number of hydrogen-bond donors (Lipinski definition) is 1. The number of rotatable bonds is 1. The average molecular weight is 191 g/mol. The van der Waals surface area contributed by atoms with E-state index < -0.39 is 0 Å². The highest BCUT2D eigenvalue weighted by Gasteiger charge is 2.30. The number of hydrogen-bond acceptors (Lipinski definition) is 3. The van der Waals surface area contributed by atoms with E-state index in [1.165, 1.54) is 0 Å². The second-order valence-electron chi connectivity index (χ2n) is 4.29. The Balaban J connectivity index is 1.94. The maximum atomic E-state index is 8.80. The van der Waals surface area contributed by atoms with Crippen LogP contribution in [-0.2, 0) is 0 Å². The second kappa shape index (κ2) is 4.12. The Labute approximate surface area is 85.4 Å². The average Bonchev–Trinajstić information content (AvgIpc) is 2.67. The minimum absolute atomic E-state index is 0.617. The molecule has 3 nitrogen and oxygen atoms in total. The minimum atomic E-state index is 0.617. The zero-order valence-corrected chi connectivity index (χ0v) is 8.66. The first-order chi connectivity index (χ1) is 6.81. The molecule has 0 saturated carbocycles. The topological polar surface area (TPSA) is 39.1 Å². The van der Waals surface area contributed by atoms with Crippen molar-refractivity contribution in [3.8, 4) is 6.07 Å². The molecule has 2 rings (SSSR count). The Hall–Kier alpha value is -0.850. The first-order valence-corrected chi connectivity index (χ1v) is 5.31. The highest BCUT2D eigenvalue weighted by molar-refractivity contribution is 5.26. The Morgan fingerprint density at radius 3 is 3.14 bits per heavy atom. The third-order valence-corrected chi connectivity index (χ3v) is 3.40. The Kier molecular flexibility index (Phi) is 2.85. The van der Waals surface area contributed by atoms with Crippen LogP contribution >= 0.6 is 0 Å². The number of piperazine rings is 1. The normalized spacial score (nSPS) is 33.9. The highest BCUT2D eigenvalue weighted by Crippen LogP contribution is 2.29. The number of likely N-dealkylation sites (N-methyl/N-ethyl adjacent to an activating group) is 1. The van der Waals surface area contributed by atoms with Gasteiger partial charge >= 0.3 is 0 Å². The van der Waals surface area contributed by atoms with Gasteiger partial charge in [0.1, 0.15) is 0 Å². The van der Waals surface area contributed by atoms with Gasteiger partial charge in [0.25, 0.3) is 0 Å². The molecule has 1 heterocycles. The summed E-state index contributed by atoms with van der Waals surface area (Å²) in [5.41, 5.74) is 0.981. The van der Waals surface area contributed by atoms with Gasteiger partial charge in [-0.05, 0) is 25.8 Å². The van der Waals surface area contributed by atoms with Gasteiger partial charge in [0, 0.05) is 31.2 Å². The standard InChI is InChI=1S/C11H17N3/c1-14-5-4-13-8-11(14)10-3-2-9(6-10)7-12/h2,10-11,13H,3-6,8H2,1H3. The van der Waals surface area contributed by atoms with Crippen LogP contribution in [0, 0.1) is 17.2 Å². The molecular weight excluding hydrogens is 174 g/mol. The van der Waals surface area contributed by atoms with Crippen molar-refractivity contribution in [2.75, 3.05) is 26.7 Å². The van der Waals surface area contributed by atoms with Gasteiger partial charge in [-0.3, -0.25) is 0 Å². The van der Waals surface area contributed by atoms with Crippen LogP contribution in [0.5, 0.6) is 0 Å². The van der Waals surface area contributed by atoms with Gasteiger partial charge in [0.2, 0.25) is 0 Å². The summed E-state index contributed by atoms with van der Waals surface area (Å²) in [6, 6.07) is 2.89. The second-order valence-corrected chi connectivity index (χ2v) is 4.29. The summed E-state index contributed by atoms with van der Waals surface area (Å²) in [5.74, 6) is 0.655. The molecule has 0 radical (unpaired) electrons. The first-order valence-electron chi connectivity index (χ1n) is 5.31. The molecule has 0 aromatic carbocycles. The molecule has 2 atom stereocenters. The van der Waals surface area contributed by atoms with Crippen LogP contribution in [0.3, 0.4) is 0 Å². The van der Waals surface area contributed by atoms with Gasteiger partial charge < -0.3 is 10.2 Å².